The molecule has 0 amide bonds. The topological polar surface area (TPSA) is 0 Å². The van der Waals surface area contributed by atoms with Crippen LogP contribution in [0.15, 0.2) is 97.1 Å². The van der Waals surface area contributed by atoms with Crippen molar-refractivity contribution in [3.05, 3.63) is 154 Å². The maximum atomic E-state index is 12.7. The summed E-state index contributed by atoms with van der Waals surface area (Å²) in [5, 5.41) is 0. The number of rotatable bonds is 2. The van der Waals surface area contributed by atoms with Crippen LogP contribution in [0.3, 0.4) is 0 Å². The molecule has 0 heterocycles. The molecule has 0 radical (unpaired) electrons. The normalized spacial score (nSPS) is 13.1. The minimum Gasteiger partial charge on any atom is -0.273 e. The Kier molecular flexibility index (Phi) is 14.9. The van der Waals surface area contributed by atoms with Crippen LogP contribution in [0.4, 0.5) is 26.3 Å². The molecule has 0 aliphatic heterocycles. The Morgan fingerprint density at radius 1 is 0.640 bits per heavy atom. The minimum atomic E-state index is -4.49. The summed E-state index contributed by atoms with van der Waals surface area (Å²) in [6, 6.07) is 24.3. The molecule has 0 N–H and O–H groups in total. The molecule has 0 saturated carbocycles. The van der Waals surface area contributed by atoms with E-state index in [-0.39, 0.29) is 46.8 Å². The van der Waals surface area contributed by atoms with Gasteiger partial charge in [-0.3, -0.25) is 6.08 Å². The first-order chi connectivity index (χ1) is 22.2. The molecule has 4 aromatic rings. The molecule has 0 atom stereocenters. The average Bonchev–Trinajstić information content (AvgIpc) is 3.71. The van der Waals surface area contributed by atoms with Gasteiger partial charge >= 0.3 is 137 Å². The van der Waals surface area contributed by atoms with E-state index in [2.05, 4.69) is 90.1 Å². The van der Waals surface area contributed by atoms with E-state index in [1.807, 2.05) is 12.2 Å². The molecule has 6 rings (SSSR count). The van der Waals surface area contributed by atoms with Crippen molar-refractivity contribution < 1.29 is 50.6 Å². The number of halogens is 8. The quantitative estimate of drug-likeness (QED) is 0.123. The van der Waals surface area contributed by atoms with Crippen LogP contribution in [0.5, 0.6) is 0 Å². The third-order valence-corrected chi connectivity index (χ3v) is 9.43. The zero-order valence-electron chi connectivity index (χ0n) is 28.7. The van der Waals surface area contributed by atoms with Crippen LogP contribution >= 0.6 is 24.8 Å². The molecule has 0 fully saturated rings. The maximum Gasteiger partial charge on any atom is -0.109 e. The first kappa shape index (κ1) is 43.4. The van der Waals surface area contributed by atoms with E-state index in [0.717, 1.165) is 61.3 Å². The zero-order chi connectivity index (χ0) is 35.5. The third kappa shape index (κ3) is 11.4. The van der Waals surface area contributed by atoms with Gasteiger partial charge in [0.2, 0.25) is 0 Å². The van der Waals surface area contributed by atoms with Gasteiger partial charge in [0.05, 0.1) is 0 Å². The number of hydrogen-bond donors (Lipinski definition) is 0. The molecule has 0 nitrogen and oxygen atoms in total. The van der Waals surface area contributed by atoms with Crippen LogP contribution in [-0.4, -0.2) is 3.21 Å². The van der Waals surface area contributed by atoms with Crippen LogP contribution in [0.2, 0.25) is 0 Å². The molecule has 0 spiro atoms. The summed E-state index contributed by atoms with van der Waals surface area (Å²) in [6.07, 6.45) is 2.05. The van der Waals surface area contributed by atoms with E-state index < -0.39 is 23.5 Å². The molecule has 0 bridgehead atoms. The molecule has 4 aromatic carbocycles. The Labute approximate surface area is 319 Å². The monoisotopic (exact) mass is 806 g/mol. The summed E-state index contributed by atoms with van der Waals surface area (Å²) in [5.74, 6) is 0. The summed E-state index contributed by atoms with van der Waals surface area (Å²) in [7, 11) is 0. The van der Waals surface area contributed by atoms with E-state index in [0.29, 0.717) is 3.21 Å². The molecule has 2 aliphatic carbocycles. The molecule has 2 aliphatic rings. The van der Waals surface area contributed by atoms with Crippen LogP contribution in [0, 0.1) is 12.1 Å². The zero-order valence-corrected chi connectivity index (χ0v) is 32.8. The van der Waals surface area contributed by atoms with Gasteiger partial charge in [-0.05, 0) is 28.4 Å². The minimum absolute atomic E-state index is 0. The summed E-state index contributed by atoms with van der Waals surface area (Å²) in [4.78, 5) is 0. The van der Waals surface area contributed by atoms with Crippen molar-refractivity contribution >= 4 is 28.0 Å². The number of hydrogen-bond acceptors (Lipinski definition) is 0. The van der Waals surface area contributed by atoms with Gasteiger partial charge in [0.25, 0.3) is 0 Å². The number of allylic oxidation sites excluding steroid dienone is 4. The Morgan fingerprint density at radius 2 is 1.18 bits per heavy atom. The second kappa shape index (κ2) is 17.2. The summed E-state index contributed by atoms with van der Waals surface area (Å²) in [6.45, 7) is 13.6. The van der Waals surface area contributed by atoms with Gasteiger partial charge in [-0.25, -0.2) is 12.2 Å². The van der Waals surface area contributed by atoms with Crippen molar-refractivity contribution in [1.29, 1.82) is 0 Å². The predicted molar refractivity (Wildman–Crippen MR) is 193 cm³/mol. The van der Waals surface area contributed by atoms with Gasteiger partial charge < -0.3 is 0 Å². The van der Waals surface area contributed by atoms with Crippen molar-refractivity contribution in [2.24, 2.45) is 0 Å². The van der Waals surface area contributed by atoms with E-state index in [1.165, 1.54) is 57.6 Å². The molecular weight excluding hydrogens is 769 g/mol. The second-order valence-electron chi connectivity index (χ2n) is 13.8. The van der Waals surface area contributed by atoms with E-state index in [9.17, 15) is 26.3 Å². The van der Waals surface area contributed by atoms with Gasteiger partial charge in [0.1, 0.15) is 0 Å². The SMILES string of the molecule is CC(C)(C)c1[c-]c2c(cc1)-c1ccc(C(C)(C)C)cc1C2.Cl.Cl.FC(F)(F)c1cccc([C](=[Zr+2])c2cccc(C(F)(F)F)c2)c1.[C-]1=CC=CC1. The number of fused-ring (bicyclic) bond motifs is 3. The Balaban J connectivity index is 0.000000293. The molecule has 264 valence electrons. The van der Waals surface area contributed by atoms with Gasteiger partial charge in [-0.2, -0.15) is 29.8 Å². The fraction of sp³-hybridized carbons (Fsp3) is 0.293. The average molecular weight is 809 g/mol. The van der Waals surface area contributed by atoms with Crippen molar-refractivity contribution in [1.82, 2.24) is 0 Å². The smallest absolute Gasteiger partial charge is 0.109 e. The van der Waals surface area contributed by atoms with E-state index >= 15 is 0 Å². The molecule has 50 heavy (non-hydrogen) atoms. The van der Waals surface area contributed by atoms with Crippen molar-refractivity contribution in [3.8, 4) is 11.1 Å². The maximum absolute atomic E-state index is 12.7. The summed E-state index contributed by atoms with van der Waals surface area (Å²) in [5.41, 5.74) is 7.60. The molecule has 0 saturated heterocycles. The Morgan fingerprint density at radius 3 is 1.60 bits per heavy atom. The largest absolute Gasteiger partial charge is 0.273 e. The number of alkyl halides is 6. The van der Waals surface area contributed by atoms with Gasteiger partial charge in [-0.1, -0.05) is 65.3 Å². The standard InChI is InChI=1S/C21H25.C15H8F6.C5H5.2ClH.Zr/c1-20(2,3)16-7-9-18-14(12-16)11-15-13-17(21(4,5)6)8-10-19(15)18;16-14(17,18)12-5-1-3-10(8-12)7-11-4-2-6-13(9-11)15(19,20)21;1-2-4-5-3-1;;;/h7-10,12H,11H2,1-6H3;1-6,8-9H;1-3H,4H2;2*1H;/q-1;;-1;;;+2. The molecule has 9 heteroatoms. The van der Waals surface area contributed by atoms with Crippen molar-refractivity contribution in [3.63, 3.8) is 0 Å². The van der Waals surface area contributed by atoms with E-state index in [1.54, 1.807) is 0 Å². The van der Waals surface area contributed by atoms with Crippen LogP contribution in [-0.2, 0) is 53.8 Å². The van der Waals surface area contributed by atoms with E-state index in [4.69, 9.17) is 0 Å². The second-order valence-corrected chi connectivity index (χ2v) is 15.1. The molecule has 0 unspecified atom stereocenters. The van der Waals surface area contributed by atoms with Crippen LogP contribution < -0.4 is 0 Å². The van der Waals surface area contributed by atoms with Gasteiger partial charge in [0.15, 0.2) is 0 Å². The molecular formula is C41H40Cl2F6Zr. The Hall–Kier alpha value is -2.73. The van der Waals surface area contributed by atoms with Crippen molar-refractivity contribution in [2.75, 3.05) is 0 Å². The molecule has 0 aromatic heterocycles. The fourth-order valence-electron chi connectivity index (χ4n) is 5.24. The summed E-state index contributed by atoms with van der Waals surface area (Å²) >= 11 is 0.729. The van der Waals surface area contributed by atoms with Gasteiger partial charge in [-0.15, -0.1) is 42.4 Å². The van der Waals surface area contributed by atoms with Crippen LogP contribution in [0.25, 0.3) is 11.1 Å². The first-order valence-corrected chi connectivity index (χ1v) is 16.8. The Bertz CT molecular complexity index is 1710. The van der Waals surface area contributed by atoms with Crippen molar-refractivity contribution in [2.45, 2.75) is 77.6 Å². The predicted octanol–water partition coefficient (Wildman–Crippen LogP) is 12.6. The number of benzene rings is 4. The third-order valence-electron chi connectivity index (χ3n) is 8.01. The fourth-order valence-corrected chi connectivity index (χ4v) is 6.00. The summed E-state index contributed by atoms with van der Waals surface area (Å²) < 4.78 is 76.7. The first-order valence-electron chi connectivity index (χ1n) is 15.6. The van der Waals surface area contributed by atoms with Gasteiger partial charge in [0, 0.05) is 0 Å². The van der Waals surface area contributed by atoms with Crippen LogP contribution in [0.1, 0.15) is 92.5 Å².